The standard InChI is InChI=1S/C16H16Se2/c1-3-8-14(9-4-1)17-16(12-7-13-16)18-15-10-5-2-6-11-15/h1-6,8-11H,7,12-13H2. The second-order valence-electron chi connectivity index (χ2n) is 4.59. The fourth-order valence-corrected chi connectivity index (χ4v) is 9.84. The van der Waals surface area contributed by atoms with E-state index in [4.69, 9.17) is 0 Å². The summed E-state index contributed by atoms with van der Waals surface area (Å²) < 4.78 is 3.80. The maximum absolute atomic E-state index is 2.31. The van der Waals surface area contributed by atoms with E-state index in [-0.39, 0.29) is 0 Å². The van der Waals surface area contributed by atoms with E-state index in [0.29, 0.717) is 33.1 Å². The molecule has 2 aromatic rings. The van der Waals surface area contributed by atoms with Crippen LogP contribution in [0.15, 0.2) is 60.7 Å². The average molecular weight is 366 g/mol. The molecular weight excluding hydrogens is 350 g/mol. The van der Waals surface area contributed by atoms with Gasteiger partial charge in [0.05, 0.1) is 0 Å². The van der Waals surface area contributed by atoms with Gasteiger partial charge in [-0.3, -0.25) is 0 Å². The normalized spacial score (nSPS) is 17.1. The molecule has 2 aromatic carbocycles. The molecular formula is C16H16Se2. The number of hydrogen-bond donors (Lipinski definition) is 0. The van der Waals surface area contributed by atoms with Gasteiger partial charge in [-0.05, 0) is 0 Å². The van der Waals surface area contributed by atoms with Crippen LogP contribution in [0, 0.1) is 0 Å². The summed E-state index contributed by atoms with van der Waals surface area (Å²) in [4.78, 5) is 0. The van der Waals surface area contributed by atoms with Crippen molar-refractivity contribution >= 4 is 38.8 Å². The second kappa shape index (κ2) is 5.63. The van der Waals surface area contributed by atoms with E-state index < -0.39 is 0 Å². The Bertz CT molecular complexity index is 446. The first-order valence-electron chi connectivity index (χ1n) is 6.34. The number of rotatable bonds is 4. The molecule has 0 amide bonds. The van der Waals surface area contributed by atoms with Crippen LogP contribution < -0.4 is 8.92 Å². The van der Waals surface area contributed by atoms with Crippen LogP contribution in [0.2, 0.25) is 3.21 Å². The molecule has 0 spiro atoms. The van der Waals surface area contributed by atoms with Crippen LogP contribution in [-0.2, 0) is 0 Å². The van der Waals surface area contributed by atoms with E-state index in [2.05, 4.69) is 60.7 Å². The Kier molecular flexibility index (Phi) is 3.91. The van der Waals surface area contributed by atoms with Gasteiger partial charge >= 0.3 is 122 Å². The molecule has 18 heavy (non-hydrogen) atoms. The fourth-order valence-electron chi connectivity index (χ4n) is 2.10. The molecule has 0 atom stereocenters. The SMILES string of the molecule is c1ccc([Se]C2([Se]c3ccccc3)CCC2)cc1. The molecule has 0 nitrogen and oxygen atoms in total. The third-order valence-corrected chi connectivity index (χ3v) is 10.4. The summed E-state index contributed by atoms with van der Waals surface area (Å²) in [5.74, 6) is 0. The summed E-state index contributed by atoms with van der Waals surface area (Å²) in [6.07, 6.45) is 4.32. The molecule has 0 heterocycles. The van der Waals surface area contributed by atoms with Crippen molar-refractivity contribution in [2.75, 3.05) is 0 Å². The van der Waals surface area contributed by atoms with Crippen molar-refractivity contribution in [1.82, 2.24) is 0 Å². The van der Waals surface area contributed by atoms with E-state index in [1.165, 1.54) is 19.3 Å². The fraction of sp³-hybridized carbons (Fsp3) is 0.250. The molecule has 1 fully saturated rings. The van der Waals surface area contributed by atoms with Gasteiger partial charge in [-0.15, -0.1) is 0 Å². The van der Waals surface area contributed by atoms with E-state index in [9.17, 15) is 0 Å². The van der Waals surface area contributed by atoms with Crippen LogP contribution in [0.5, 0.6) is 0 Å². The van der Waals surface area contributed by atoms with Crippen LogP contribution in [0.3, 0.4) is 0 Å². The molecule has 0 bridgehead atoms. The zero-order chi connectivity index (χ0) is 12.3. The first-order chi connectivity index (χ1) is 8.86. The quantitative estimate of drug-likeness (QED) is 0.729. The van der Waals surface area contributed by atoms with Gasteiger partial charge in [0, 0.05) is 0 Å². The van der Waals surface area contributed by atoms with Crippen LogP contribution >= 0.6 is 0 Å². The molecule has 1 saturated carbocycles. The molecule has 0 radical (unpaired) electrons. The first kappa shape index (κ1) is 12.5. The van der Waals surface area contributed by atoms with Crippen LogP contribution in [0.25, 0.3) is 0 Å². The zero-order valence-electron chi connectivity index (χ0n) is 10.2. The van der Waals surface area contributed by atoms with Crippen molar-refractivity contribution in [3.05, 3.63) is 60.7 Å². The minimum absolute atomic E-state index is 0.641. The van der Waals surface area contributed by atoms with Gasteiger partial charge in [-0.1, -0.05) is 0 Å². The van der Waals surface area contributed by atoms with E-state index >= 15 is 0 Å². The van der Waals surface area contributed by atoms with Crippen molar-refractivity contribution in [3.8, 4) is 0 Å². The Balaban J connectivity index is 1.75. The Hall–Kier alpha value is -0.521. The summed E-state index contributed by atoms with van der Waals surface area (Å²) in [5, 5.41) is 0. The Morgan fingerprint density at radius 2 is 1.11 bits per heavy atom. The Labute approximate surface area is 122 Å². The van der Waals surface area contributed by atoms with Gasteiger partial charge in [0.15, 0.2) is 0 Å². The third kappa shape index (κ3) is 2.90. The van der Waals surface area contributed by atoms with Crippen molar-refractivity contribution in [3.63, 3.8) is 0 Å². The second-order valence-corrected chi connectivity index (χ2v) is 12.0. The molecule has 3 rings (SSSR count). The predicted octanol–water partition coefficient (Wildman–Crippen LogP) is 2.35. The molecule has 0 saturated heterocycles. The topological polar surface area (TPSA) is 0 Å². The summed E-state index contributed by atoms with van der Waals surface area (Å²) >= 11 is 1.28. The molecule has 0 aliphatic heterocycles. The summed E-state index contributed by atoms with van der Waals surface area (Å²) in [7, 11) is 0. The van der Waals surface area contributed by atoms with Crippen molar-refractivity contribution < 1.29 is 0 Å². The Morgan fingerprint density at radius 3 is 1.44 bits per heavy atom. The van der Waals surface area contributed by atoms with Crippen LogP contribution in [0.4, 0.5) is 0 Å². The van der Waals surface area contributed by atoms with E-state index in [1.807, 2.05) is 0 Å². The summed E-state index contributed by atoms with van der Waals surface area (Å²) in [5.41, 5.74) is 0. The van der Waals surface area contributed by atoms with Gasteiger partial charge in [-0.2, -0.15) is 0 Å². The van der Waals surface area contributed by atoms with Crippen molar-refractivity contribution in [2.24, 2.45) is 0 Å². The monoisotopic (exact) mass is 368 g/mol. The van der Waals surface area contributed by atoms with Gasteiger partial charge in [0.2, 0.25) is 0 Å². The number of benzene rings is 2. The van der Waals surface area contributed by atoms with Gasteiger partial charge < -0.3 is 0 Å². The average Bonchev–Trinajstić information content (AvgIpc) is 2.39. The van der Waals surface area contributed by atoms with Crippen LogP contribution in [-0.4, -0.2) is 29.9 Å². The van der Waals surface area contributed by atoms with E-state index in [1.54, 1.807) is 8.92 Å². The first-order valence-corrected chi connectivity index (χ1v) is 9.77. The van der Waals surface area contributed by atoms with Gasteiger partial charge in [0.25, 0.3) is 0 Å². The van der Waals surface area contributed by atoms with Crippen LogP contribution in [0.1, 0.15) is 19.3 Å². The summed E-state index contributed by atoms with van der Waals surface area (Å²) in [6.45, 7) is 0. The zero-order valence-corrected chi connectivity index (χ0v) is 13.6. The van der Waals surface area contributed by atoms with Gasteiger partial charge in [0.1, 0.15) is 0 Å². The maximum atomic E-state index is 2.31. The number of hydrogen-bond acceptors (Lipinski definition) is 0. The van der Waals surface area contributed by atoms with E-state index in [0.717, 1.165) is 0 Å². The van der Waals surface area contributed by atoms with Crippen molar-refractivity contribution in [2.45, 2.75) is 22.5 Å². The molecule has 2 heteroatoms. The van der Waals surface area contributed by atoms with Crippen molar-refractivity contribution in [1.29, 1.82) is 0 Å². The third-order valence-electron chi connectivity index (χ3n) is 3.21. The molecule has 0 aromatic heterocycles. The minimum atomic E-state index is 0.641. The Morgan fingerprint density at radius 1 is 0.667 bits per heavy atom. The molecule has 1 aliphatic carbocycles. The van der Waals surface area contributed by atoms with Gasteiger partial charge in [-0.25, -0.2) is 0 Å². The predicted molar refractivity (Wildman–Crippen MR) is 80.2 cm³/mol. The summed E-state index contributed by atoms with van der Waals surface area (Å²) in [6, 6.07) is 22.2. The molecule has 92 valence electrons. The molecule has 1 aliphatic rings. The molecule has 0 unspecified atom stereocenters. The molecule has 0 N–H and O–H groups in total.